The van der Waals surface area contributed by atoms with Gasteiger partial charge in [0, 0.05) is 24.5 Å². The maximum atomic E-state index is 12.0. The van der Waals surface area contributed by atoms with E-state index in [-0.39, 0.29) is 17.5 Å². The van der Waals surface area contributed by atoms with Gasteiger partial charge in [-0.05, 0) is 33.2 Å². The zero-order chi connectivity index (χ0) is 13.0. The third-order valence-electron chi connectivity index (χ3n) is 3.23. The van der Waals surface area contributed by atoms with Crippen molar-refractivity contribution in [1.29, 1.82) is 0 Å². The Balaban J connectivity index is 2.00. The Labute approximate surface area is 107 Å². The zero-order valence-corrected chi connectivity index (χ0v) is 11.1. The Morgan fingerprint density at radius 2 is 2.39 bits per heavy atom. The van der Waals surface area contributed by atoms with Gasteiger partial charge in [-0.1, -0.05) is 6.42 Å². The molecule has 0 radical (unpaired) electrons. The van der Waals surface area contributed by atoms with Crippen LogP contribution >= 0.6 is 0 Å². The third kappa shape index (κ3) is 3.10. The molecule has 2 rings (SSSR count). The summed E-state index contributed by atoms with van der Waals surface area (Å²) in [6, 6.07) is 0.461. The molecule has 1 unspecified atom stereocenters. The quantitative estimate of drug-likeness (QED) is 0.877. The van der Waals surface area contributed by atoms with Crippen molar-refractivity contribution in [3.8, 4) is 5.88 Å². The van der Waals surface area contributed by atoms with E-state index < -0.39 is 0 Å². The van der Waals surface area contributed by atoms with Gasteiger partial charge >= 0.3 is 5.56 Å². The van der Waals surface area contributed by atoms with Gasteiger partial charge in [0.25, 0.3) is 5.88 Å². The monoisotopic (exact) mass is 251 g/mol. The van der Waals surface area contributed by atoms with Crippen molar-refractivity contribution >= 4 is 0 Å². The first-order chi connectivity index (χ1) is 8.68. The number of nitrogens with one attached hydrogen (secondary N) is 1. The SMILES string of the molecule is CC(C)n1ccnc(OCC2CCCCN2)c1=O. The predicted molar refractivity (Wildman–Crippen MR) is 70.0 cm³/mol. The Hall–Kier alpha value is -1.36. The fourth-order valence-electron chi connectivity index (χ4n) is 2.16. The van der Waals surface area contributed by atoms with E-state index in [0.717, 1.165) is 13.0 Å². The van der Waals surface area contributed by atoms with Crippen LogP contribution in [0.25, 0.3) is 0 Å². The van der Waals surface area contributed by atoms with Crippen molar-refractivity contribution in [2.75, 3.05) is 13.2 Å². The largest absolute Gasteiger partial charge is 0.472 e. The Bertz CT molecular complexity index is 436. The van der Waals surface area contributed by atoms with Crippen LogP contribution in [0.5, 0.6) is 5.88 Å². The molecule has 18 heavy (non-hydrogen) atoms. The first-order valence-electron chi connectivity index (χ1n) is 6.62. The summed E-state index contributed by atoms with van der Waals surface area (Å²) in [5.41, 5.74) is -0.150. The molecule has 1 atom stereocenters. The van der Waals surface area contributed by atoms with Gasteiger partial charge in [-0.3, -0.25) is 4.79 Å². The highest BCUT2D eigenvalue weighted by atomic mass is 16.5. The standard InChI is InChI=1S/C13H21N3O2/c1-10(2)16-8-7-15-12(13(16)17)18-9-11-5-3-4-6-14-11/h7-8,10-11,14H,3-6,9H2,1-2H3. The first-order valence-corrected chi connectivity index (χ1v) is 6.62. The number of nitrogens with zero attached hydrogens (tertiary/aromatic N) is 2. The van der Waals surface area contributed by atoms with E-state index in [2.05, 4.69) is 10.3 Å². The van der Waals surface area contributed by atoms with Gasteiger partial charge in [0.05, 0.1) is 0 Å². The lowest BCUT2D eigenvalue weighted by Crippen LogP contribution is -2.39. The van der Waals surface area contributed by atoms with Gasteiger partial charge in [-0.25, -0.2) is 4.98 Å². The minimum Gasteiger partial charge on any atom is -0.472 e. The second-order valence-corrected chi connectivity index (χ2v) is 5.00. The third-order valence-corrected chi connectivity index (χ3v) is 3.23. The Kier molecular flexibility index (Phi) is 4.36. The summed E-state index contributed by atoms with van der Waals surface area (Å²) in [6.07, 6.45) is 6.86. The zero-order valence-electron chi connectivity index (χ0n) is 11.1. The maximum Gasteiger partial charge on any atom is 0.313 e. The number of ether oxygens (including phenoxy) is 1. The second-order valence-electron chi connectivity index (χ2n) is 5.00. The van der Waals surface area contributed by atoms with Crippen molar-refractivity contribution in [2.45, 2.75) is 45.2 Å². The number of hydrogen-bond donors (Lipinski definition) is 1. The van der Waals surface area contributed by atoms with Gasteiger partial charge in [0.2, 0.25) is 0 Å². The van der Waals surface area contributed by atoms with Crippen molar-refractivity contribution in [3.05, 3.63) is 22.7 Å². The molecule has 100 valence electrons. The predicted octanol–water partition coefficient (Wildman–Crippen LogP) is 1.35. The van der Waals surface area contributed by atoms with Crippen molar-refractivity contribution in [2.24, 2.45) is 0 Å². The van der Waals surface area contributed by atoms with Crippen LogP contribution in [0, 0.1) is 0 Å². The molecule has 0 amide bonds. The molecule has 1 saturated heterocycles. The van der Waals surface area contributed by atoms with E-state index in [0.29, 0.717) is 12.6 Å². The molecule has 1 aliphatic rings. The highest BCUT2D eigenvalue weighted by Crippen LogP contribution is 2.08. The summed E-state index contributed by atoms with van der Waals surface area (Å²) >= 11 is 0. The summed E-state index contributed by atoms with van der Waals surface area (Å²) in [6.45, 7) is 5.48. The van der Waals surface area contributed by atoms with E-state index in [9.17, 15) is 4.79 Å². The van der Waals surface area contributed by atoms with Crippen LogP contribution in [0.15, 0.2) is 17.2 Å². The van der Waals surface area contributed by atoms with E-state index >= 15 is 0 Å². The molecule has 1 fully saturated rings. The Morgan fingerprint density at radius 3 is 3.06 bits per heavy atom. The molecule has 0 saturated carbocycles. The van der Waals surface area contributed by atoms with Gasteiger partial charge in [-0.2, -0.15) is 0 Å². The molecular formula is C13H21N3O2. The summed E-state index contributed by atoms with van der Waals surface area (Å²) in [7, 11) is 0. The van der Waals surface area contributed by atoms with Crippen LogP contribution in [0.2, 0.25) is 0 Å². The first kappa shape index (κ1) is 13.1. The Morgan fingerprint density at radius 1 is 1.56 bits per heavy atom. The lowest BCUT2D eigenvalue weighted by molar-refractivity contribution is 0.227. The van der Waals surface area contributed by atoms with Gasteiger partial charge in [0.1, 0.15) is 6.61 Å². The fraction of sp³-hybridized carbons (Fsp3) is 0.692. The molecule has 2 heterocycles. The molecule has 1 aromatic heterocycles. The van der Waals surface area contributed by atoms with Crippen LogP contribution in [0.1, 0.15) is 39.2 Å². The second kappa shape index (κ2) is 6.00. The normalized spacial score (nSPS) is 20.1. The molecule has 0 spiro atoms. The smallest absolute Gasteiger partial charge is 0.313 e. The van der Waals surface area contributed by atoms with E-state index in [4.69, 9.17) is 4.74 Å². The van der Waals surface area contributed by atoms with Crippen LogP contribution in [-0.2, 0) is 0 Å². The van der Waals surface area contributed by atoms with Gasteiger partial charge in [-0.15, -0.1) is 0 Å². The molecule has 5 heteroatoms. The van der Waals surface area contributed by atoms with Crippen LogP contribution in [0.4, 0.5) is 0 Å². The molecule has 0 bridgehead atoms. The number of rotatable bonds is 4. The van der Waals surface area contributed by atoms with Crippen molar-refractivity contribution < 1.29 is 4.74 Å². The summed E-state index contributed by atoms with van der Waals surface area (Å²) in [5, 5.41) is 3.38. The minimum atomic E-state index is -0.150. The molecule has 0 aromatic carbocycles. The van der Waals surface area contributed by atoms with Crippen LogP contribution < -0.4 is 15.6 Å². The van der Waals surface area contributed by atoms with E-state index in [1.807, 2.05) is 13.8 Å². The minimum absolute atomic E-state index is 0.121. The highest BCUT2D eigenvalue weighted by Gasteiger charge is 2.15. The lowest BCUT2D eigenvalue weighted by atomic mass is 10.1. The number of hydrogen-bond acceptors (Lipinski definition) is 4. The molecule has 5 nitrogen and oxygen atoms in total. The fourth-order valence-corrected chi connectivity index (χ4v) is 2.16. The average molecular weight is 251 g/mol. The molecule has 1 N–H and O–H groups in total. The van der Waals surface area contributed by atoms with Crippen LogP contribution in [0.3, 0.4) is 0 Å². The average Bonchev–Trinajstić information content (AvgIpc) is 2.38. The van der Waals surface area contributed by atoms with Gasteiger partial charge < -0.3 is 14.6 Å². The van der Waals surface area contributed by atoms with Gasteiger partial charge in [0.15, 0.2) is 0 Å². The summed E-state index contributed by atoms with van der Waals surface area (Å²) < 4.78 is 7.20. The summed E-state index contributed by atoms with van der Waals surface area (Å²) in [5.74, 6) is 0.207. The highest BCUT2D eigenvalue weighted by molar-refractivity contribution is 5.05. The van der Waals surface area contributed by atoms with E-state index in [1.165, 1.54) is 12.8 Å². The van der Waals surface area contributed by atoms with Crippen molar-refractivity contribution in [1.82, 2.24) is 14.9 Å². The molecule has 1 aliphatic heterocycles. The lowest BCUT2D eigenvalue weighted by Gasteiger charge is -2.23. The van der Waals surface area contributed by atoms with Crippen molar-refractivity contribution in [3.63, 3.8) is 0 Å². The molecule has 0 aliphatic carbocycles. The van der Waals surface area contributed by atoms with E-state index in [1.54, 1.807) is 17.0 Å². The molecule has 1 aromatic rings. The number of aromatic nitrogens is 2. The summed E-state index contributed by atoms with van der Waals surface area (Å²) in [4.78, 5) is 16.1. The topological polar surface area (TPSA) is 56.1 Å². The van der Waals surface area contributed by atoms with Crippen LogP contribution in [-0.4, -0.2) is 28.7 Å². The number of piperidine rings is 1. The molecular weight excluding hydrogens is 230 g/mol. The maximum absolute atomic E-state index is 12.0.